The number of halogens is 1. The number of carbonyl (C=O) groups excluding carboxylic acids is 1. The Bertz CT molecular complexity index is 649. The van der Waals surface area contributed by atoms with E-state index in [1.54, 1.807) is 0 Å². The van der Waals surface area contributed by atoms with Crippen molar-refractivity contribution in [1.29, 1.82) is 0 Å². The number of carbonyl (C=O) groups is 1. The van der Waals surface area contributed by atoms with Crippen LogP contribution in [0.1, 0.15) is 76.7 Å². The van der Waals surface area contributed by atoms with Crippen LogP contribution in [0.5, 0.6) is 0 Å². The Kier molecular flexibility index (Phi) is 16.5. The molecule has 0 heterocycles. The van der Waals surface area contributed by atoms with Crippen molar-refractivity contribution in [2.45, 2.75) is 79.4 Å². The molecule has 0 saturated carbocycles. The van der Waals surface area contributed by atoms with Gasteiger partial charge in [-0.05, 0) is 77.4 Å². The van der Waals surface area contributed by atoms with Crippen LogP contribution in [0.3, 0.4) is 0 Å². The smallest absolute Gasteiger partial charge is 0.251 e. The SMILES string of the molecule is CCNC(=NCc1cccc(C(=O)NC(C)CC)c1)NC(C)CCCN(CC)CC.I. The summed E-state index contributed by atoms with van der Waals surface area (Å²) in [6.07, 6.45) is 3.19. The molecule has 178 valence electrons. The zero-order chi connectivity index (χ0) is 22.4. The van der Waals surface area contributed by atoms with Gasteiger partial charge in [-0.15, -0.1) is 24.0 Å². The van der Waals surface area contributed by atoms with Gasteiger partial charge in [0.2, 0.25) is 0 Å². The molecular weight excluding hydrogens is 501 g/mol. The van der Waals surface area contributed by atoms with Gasteiger partial charge in [0.25, 0.3) is 5.91 Å². The molecule has 0 aliphatic heterocycles. The third-order valence-corrected chi connectivity index (χ3v) is 5.33. The first-order chi connectivity index (χ1) is 14.4. The number of rotatable bonds is 13. The molecule has 0 spiro atoms. The minimum atomic E-state index is -0.0259. The van der Waals surface area contributed by atoms with E-state index in [0.29, 0.717) is 18.2 Å². The average molecular weight is 546 g/mol. The molecule has 0 aliphatic carbocycles. The lowest BCUT2D eigenvalue weighted by molar-refractivity contribution is 0.0939. The van der Waals surface area contributed by atoms with Crippen molar-refractivity contribution in [2.24, 2.45) is 4.99 Å². The lowest BCUT2D eigenvalue weighted by atomic mass is 10.1. The number of aliphatic imine (C=N–C) groups is 1. The Morgan fingerprint density at radius 3 is 2.39 bits per heavy atom. The molecule has 1 rings (SSSR count). The Labute approximate surface area is 207 Å². The van der Waals surface area contributed by atoms with Gasteiger partial charge in [-0.2, -0.15) is 0 Å². The molecule has 0 aromatic heterocycles. The Morgan fingerprint density at radius 1 is 1.06 bits per heavy atom. The predicted octanol–water partition coefficient (Wildman–Crippen LogP) is 4.40. The van der Waals surface area contributed by atoms with E-state index in [2.05, 4.69) is 55.5 Å². The third-order valence-electron chi connectivity index (χ3n) is 5.33. The molecule has 1 amide bonds. The highest BCUT2D eigenvalue weighted by atomic mass is 127. The quantitative estimate of drug-likeness (QED) is 0.195. The summed E-state index contributed by atoms with van der Waals surface area (Å²) < 4.78 is 0. The molecule has 7 heteroatoms. The molecule has 0 aliphatic rings. The largest absolute Gasteiger partial charge is 0.357 e. The van der Waals surface area contributed by atoms with Crippen molar-refractivity contribution < 1.29 is 4.79 Å². The van der Waals surface area contributed by atoms with E-state index < -0.39 is 0 Å². The van der Waals surface area contributed by atoms with Gasteiger partial charge in [-0.1, -0.05) is 32.9 Å². The van der Waals surface area contributed by atoms with Crippen molar-refractivity contribution in [3.05, 3.63) is 35.4 Å². The summed E-state index contributed by atoms with van der Waals surface area (Å²) in [6.45, 7) is 17.5. The standard InChI is InChI=1S/C24H43N5O.HI/c1-7-19(5)27-23(30)22-15-11-14-21(17-22)18-26-24(25-8-2)28-20(6)13-12-16-29(9-3)10-4;/h11,14-15,17,19-20H,7-10,12-13,16,18H2,1-6H3,(H,27,30)(H2,25,26,28);1H. The number of hydrogen-bond donors (Lipinski definition) is 3. The highest BCUT2D eigenvalue weighted by Crippen LogP contribution is 2.08. The summed E-state index contributed by atoms with van der Waals surface area (Å²) in [5.41, 5.74) is 1.71. The molecule has 6 nitrogen and oxygen atoms in total. The number of nitrogens with zero attached hydrogens (tertiary/aromatic N) is 2. The van der Waals surface area contributed by atoms with E-state index >= 15 is 0 Å². The summed E-state index contributed by atoms with van der Waals surface area (Å²) in [5.74, 6) is 0.796. The fourth-order valence-corrected chi connectivity index (χ4v) is 3.18. The Hall–Kier alpha value is -1.35. The molecule has 3 N–H and O–H groups in total. The molecule has 31 heavy (non-hydrogen) atoms. The van der Waals surface area contributed by atoms with Crippen LogP contribution in [-0.4, -0.2) is 55.0 Å². The topological polar surface area (TPSA) is 68.8 Å². The molecule has 0 radical (unpaired) electrons. The van der Waals surface area contributed by atoms with E-state index in [1.807, 2.05) is 31.2 Å². The van der Waals surface area contributed by atoms with Crippen LogP contribution in [0.15, 0.2) is 29.3 Å². The minimum absolute atomic E-state index is 0. The van der Waals surface area contributed by atoms with Gasteiger partial charge >= 0.3 is 0 Å². The van der Waals surface area contributed by atoms with Gasteiger partial charge < -0.3 is 20.9 Å². The first-order valence-corrected chi connectivity index (χ1v) is 11.6. The van der Waals surface area contributed by atoms with Crippen LogP contribution in [0.2, 0.25) is 0 Å². The number of amides is 1. The van der Waals surface area contributed by atoms with Crippen LogP contribution >= 0.6 is 24.0 Å². The maximum atomic E-state index is 12.4. The molecule has 0 fully saturated rings. The molecule has 1 aromatic carbocycles. The van der Waals surface area contributed by atoms with Crippen LogP contribution in [-0.2, 0) is 6.54 Å². The zero-order valence-electron chi connectivity index (χ0n) is 20.3. The highest BCUT2D eigenvalue weighted by Gasteiger charge is 2.10. The van der Waals surface area contributed by atoms with Gasteiger partial charge in [0, 0.05) is 24.2 Å². The van der Waals surface area contributed by atoms with Crippen LogP contribution in [0, 0.1) is 0 Å². The van der Waals surface area contributed by atoms with Crippen molar-refractivity contribution in [3.8, 4) is 0 Å². The van der Waals surface area contributed by atoms with Gasteiger partial charge in [-0.25, -0.2) is 4.99 Å². The third kappa shape index (κ3) is 12.3. The average Bonchev–Trinajstić information content (AvgIpc) is 2.75. The first-order valence-electron chi connectivity index (χ1n) is 11.6. The second-order valence-corrected chi connectivity index (χ2v) is 7.89. The maximum absolute atomic E-state index is 12.4. The van der Waals surface area contributed by atoms with Crippen LogP contribution in [0.25, 0.3) is 0 Å². The van der Waals surface area contributed by atoms with Crippen molar-refractivity contribution in [3.63, 3.8) is 0 Å². The highest BCUT2D eigenvalue weighted by molar-refractivity contribution is 14.0. The normalized spacial score (nSPS) is 13.3. The number of hydrogen-bond acceptors (Lipinski definition) is 3. The predicted molar refractivity (Wildman–Crippen MR) is 144 cm³/mol. The molecule has 0 saturated heterocycles. The van der Waals surface area contributed by atoms with Crippen molar-refractivity contribution >= 4 is 35.8 Å². The zero-order valence-corrected chi connectivity index (χ0v) is 22.7. The molecule has 1 aromatic rings. The lowest BCUT2D eigenvalue weighted by Crippen LogP contribution is -2.42. The van der Waals surface area contributed by atoms with Crippen LogP contribution in [0.4, 0.5) is 0 Å². The van der Waals surface area contributed by atoms with Crippen LogP contribution < -0.4 is 16.0 Å². The second kappa shape index (κ2) is 17.2. The number of guanidine groups is 1. The molecule has 2 atom stereocenters. The summed E-state index contributed by atoms with van der Waals surface area (Å²) >= 11 is 0. The van der Waals surface area contributed by atoms with Gasteiger partial charge in [-0.3, -0.25) is 4.79 Å². The van der Waals surface area contributed by atoms with E-state index in [1.165, 1.54) is 6.42 Å². The summed E-state index contributed by atoms with van der Waals surface area (Å²) in [4.78, 5) is 19.6. The van der Waals surface area contributed by atoms with E-state index in [-0.39, 0.29) is 35.9 Å². The first kappa shape index (κ1) is 29.7. The second-order valence-electron chi connectivity index (χ2n) is 7.89. The summed E-state index contributed by atoms with van der Waals surface area (Å²) in [7, 11) is 0. The molecular formula is C24H44IN5O. The van der Waals surface area contributed by atoms with Gasteiger partial charge in [0.15, 0.2) is 5.96 Å². The monoisotopic (exact) mass is 545 g/mol. The maximum Gasteiger partial charge on any atom is 0.251 e. The molecule has 2 unspecified atom stereocenters. The lowest BCUT2D eigenvalue weighted by Gasteiger charge is -2.21. The molecule has 0 bridgehead atoms. The fraction of sp³-hybridized carbons (Fsp3) is 0.667. The van der Waals surface area contributed by atoms with Crippen molar-refractivity contribution in [1.82, 2.24) is 20.9 Å². The minimum Gasteiger partial charge on any atom is -0.357 e. The summed E-state index contributed by atoms with van der Waals surface area (Å²) in [6, 6.07) is 8.25. The number of nitrogens with one attached hydrogen (secondary N) is 3. The Balaban J connectivity index is 0.00000900. The van der Waals surface area contributed by atoms with Crippen molar-refractivity contribution in [2.75, 3.05) is 26.2 Å². The van der Waals surface area contributed by atoms with Gasteiger partial charge in [0.05, 0.1) is 6.54 Å². The summed E-state index contributed by atoms with van der Waals surface area (Å²) in [5, 5.41) is 9.85. The van der Waals surface area contributed by atoms with E-state index in [9.17, 15) is 4.79 Å². The number of benzene rings is 1. The van der Waals surface area contributed by atoms with E-state index in [4.69, 9.17) is 4.99 Å². The van der Waals surface area contributed by atoms with Gasteiger partial charge in [0.1, 0.15) is 0 Å². The fourth-order valence-electron chi connectivity index (χ4n) is 3.18. The Morgan fingerprint density at radius 2 is 1.77 bits per heavy atom. The van der Waals surface area contributed by atoms with E-state index in [0.717, 1.165) is 50.5 Å².